The van der Waals surface area contributed by atoms with Gasteiger partial charge < -0.3 is 14.1 Å². The summed E-state index contributed by atoms with van der Waals surface area (Å²) in [5.74, 6) is 2.35. The number of nitrogens with zero attached hydrogens (tertiary/aromatic N) is 2. The number of nitrogens with one attached hydrogen (secondary N) is 1. The van der Waals surface area contributed by atoms with Crippen LogP contribution in [-0.2, 0) is 11.2 Å². The minimum Gasteiger partial charge on any atom is -0.616 e. The molecule has 0 amide bonds. The normalized spacial score (nSPS) is 18.3. The van der Waals surface area contributed by atoms with Crippen LogP contribution in [0.5, 0.6) is 0 Å². The fourth-order valence-electron chi connectivity index (χ4n) is 3.26. The molecule has 1 fully saturated rings. The van der Waals surface area contributed by atoms with Crippen molar-refractivity contribution < 1.29 is 9.08 Å². The molecule has 0 aliphatic carbocycles. The van der Waals surface area contributed by atoms with E-state index < -0.39 is 11.2 Å². The first-order valence-electron chi connectivity index (χ1n) is 8.06. The second kappa shape index (κ2) is 6.11. The maximum absolute atomic E-state index is 11.5. The van der Waals surface area contributed by atoms with Gasteiger partial charge >= 0.3 is 0 Å². The van der Waals surface area contributed by atoms with Crippen molar-refractivity contribution in [1.82, 2.24) is 15.1 Å². The minimum atomic E-state index is -0.644. The zero-order chi connectivity index (χ0) is 16.7. The molecule has 1 aliphatic heterocycles. The van der Waals surface area contributed by atoms with Gasteiger partial charge in [-0.15, -0.1) is 0 Å². The Kier molecular flexibility index (Phi) is 3.94. The lowest BCUT2D eigenvalue weighted by molar-refractivity contribution is 0.393. The van der Waals surface area contributed by atoms with Crippen LogP contribution in [0.1, 0.15) is 29.9 Å². The van der Waals surface area contributed by atoms with Crippen LogP contribution in [0.3, 0.4) is 0 Å². The Balaban J connectivity index is 1.76. The van der Waals surface area contributed by atoms with Crippen molar-refractivity contribution in [1.29, 1.82) is 0 Å². The quantitative estimate of drug-likeness (QED) is 0.720. The third kappa shape index (κ3) is 2.76. The van der Waals surface area contributed by atoms with E-state index in [1.54, 1.807) is 0 Å². The van der Waals surface area contributed by atoms with Crippen LogP contribution < -0.4 is 0 Å². The number of allylic oxidation sites excluding steroid dienone is 1. The van der Waals surface area contributed by atoms with Crippen LogP contribution in [-0.4, -0.2) is 31.2 Å². The Morgan fingerprint density at radius 3 is 2.79 bits per heavy atom. The molecule has 0 radical (unpaired) electrons. The maximum atomic E-state index is 11.5. The first kappa shape index (κ1) is 15.5. The van der Waals surface area contributed by atoms with Gasteiger partial charge in [0, 0.05) is 47.3 Å². The van der Waals surface area contributed by atoms with Crippen molar-refractivity contribution in [2.75, 3.05) is 11.5 Å². The lowest BCUT2D eigenvalue weighted by Gasteiger charge is -2.18. The van der Waals surface area contributed by atoms with E-state index in [9.17, 15) is 4.55 Å². The van der Waals surface area contributed by atoms with Crippen molar-refractivity contribution >= 4 is 28.3 Å². The summed E-state index contributed by atoms with van der Waals surface area (Å²) >= 11 is -0.644. The Morgan fingerprint density at radius 2 is 2.08 bits per heavy atom. The Labute approximate surface area is 143 Å². The number of hydrogen-bond donors (Lipinski definition) is 1. The predicted molar refractivity (Wildman–Crippen MR) is 96.2 cm³/mol. The zero-order valence-corrected chi connectivity index (χ0v) is 14.6. The van der Waals surface area contributed by atoms with Crippen LogP contribution in [0.2, 0.25) is 0 Å². The molecule has 6 heteroatoms. The highest BCUT2D eigenvalue weighted by Gasteiger charge is 2.17. The minimum absolute atomic E-state index is 0.644. The standard InChI is InChI=1S/C18H19N3O2S/c1-11-17(12(2)23-21-11)15-8-16-14(9-19-18(16)20-10-15)7-13-3-5-24(22)6-4-13/h7-10H,3-6H2,1-2H3,(H,19,20). The fourth-order valence-corrected chi connectivity index (χ4v) is 4.44. The van der Waals surface area contributed by atoms with Gasteiger partial charge in [-0.3, -0.25) is 0 Å². The number of fused-ring (bicyclic) bond motifs is 1. The molecule has 0 aromatic carbocycles. The third-order valence-electron chi connectivity index (χ3n) is 4.55. The number of rotatable bonds is 2. The molecular weight excluding hydrogens is 322 g/mol. The van der Waals surface area contributed by atoms with Crippen molar-refractivity contribution in [2.45, 2.75) is 26.7 Å². The molecule has 4 heterocycles. The number of aromatic amines is 1. The van der Waals surface area contributed by atoms with Gasteiger partial charge in [-0.05, 0) is 19.9 Å². The molecule has 3 aromatic rings. The summed E-state index contributed by atoms with van der Waals surface area (Å²) in [6.45, 7) is 3.86. The Bertz CT molecular complexity index is 896. The maximum Gasteiger partial charge on any atom is 0.141 e. The number of hydrogen-bond acceptors (Lipinski definition) is 4. The molecule has 1 saturated heterocycles. The molecule has 24 heavy (non-hydrogen) atoms. The summed E-state index contributed by atoms with van der Waals surface area (Å²) in [4.78, 5) is 7.78. The number of aromatic nitrogens is 3. The average Bonchev–Trinajstić information content (AvgIpc) is 3.13. The highest BCUT2D eigenvalue weighted by atomic mass is 32.2. The van der Waals surface area contributed by atoms with E-state index in [-0.39, 0.29) is 0 Å². The van der Waals surface area contributed by atoms with Gasteiger partial charge in [0.2, 0.25) is 0 Å². The molecule has 0 atom stereocenters. The first-order valence-corrected chi connectivity index (χ1v) is 9.55. The van der Waals surface area contributed by atoms with E-state index >= 15 is 0 Å². The molecule has 0 spiro atoms. The van der Waals surface area contributed by atoms with E-state index in [0.717, 1.165) is 63.5 Å². The Hall–Kier alpha value is -2.05. The molecular formula is C18H19N3O2S. The fraction of sp³-hybridized carbons (Fsp3) is 0.333. The number of aryl methyl sites for hydroxylation is 2. The lowest BCUT2D eigenvalue weighted by atomic mass is 10.0. The summed E-state index contributed by atoms with van der Waals surface area (Å²) in [5.41, 5.74) is 6.27. The largest absolute Gasteiger partial charge is 0.616 e. The molecule has 124 valence electrons. The molecule has 0 unspecified atom stereocenters. The van der Waals surface area contributed by atoms with Crippen molar-refractivity contribution in [3.8, 4) is 11.1 Å². The highest BCUT2D eigenvalue weighted by Crippen LogP contribution is 2.31. The van der Waals surface area contributed by atoms with Crippen LogP contribution >= 0.6 is 0 Å². The highest BCUT2D eigenvalue weighted by molar-refractivity contribution is 7.91. The summed E-state index contributed by atoms with van der Waals surface area (Å²) in [6.07, 6.45) is 7.89. The second-order valence-electron chi connectivity index (χ2n) is 6.21. The molecule has 3 aromatic heterocycles. The average molecular weight is 341 g/mol. The van der Waals surface area contributed by atoms with E-state index in [0.29, 0.717) is 0 Å². The Morgan fingerprint density at radius 1 is 1.29 bits per heavy atom. The molecule has 1 N–H and O–H groups in total. The van der Waals surface area contributed by atoms with E-state index in [4.69, 9.17) is 4.52 Å². The molecule has 5 nitrogen and oxygen atoms in total. The van der Waals surface area contributed by atoms with Gasteiger partial charge in [0.1, 0.15) is 22.9 Å². The lowest BCUT2D eigenvalue weighted by Crippen LogP contribution is -2.17. The van der Waals surface area contributed by atoms with E-state index in [1.807, 2.05) is 26.2 Å². The first-order chi connectivity index (χ1) is 11.6. The summed E-state index contributed by atoms with van der Waals surface area (Å²) < 4.78 is 16.8. The van der Waals surface area contributed by atoms with E-state index in [1.165, 1.54) is 5.57 Å². The van der Waals surface area contributed by atoms with Gasteiger partial charge in [-0.25, -0.2) is 4.98 Å². The van der Waals surface area contributed by atoms with Gasteiger partial charge in [-0.1, -0.05) is 28.0 Å². The molecule has 1 aliphatic rings. The summed E-state index contributed by atoms with van der Waals surface area (Å²) in [7, 11) is 0. The van der Waals surface area contributed by atoms with Crippen LogP contribution in [0, 0.1) is 13.8 Å². The third-order valence-corrected chi connectivity index (χ3v) is 5.87. The SMILES string of the molecule is Cc1noc(C)c1-c1cnc2[nH]cc(C=C3CC[S+]([O-])CC3)c2c1. The number of H-pyrrole nitrogens is 1. The summed E-state index contributed by atoms with van der Waals surface area (Å²) in [5, 5.41) is 5.12. The van der Waals surface area contributed by atoms with Crippen molar-refractivity contribution in [3.63, 3.8) is 0 Å². The number of pyridine rings is 1. The monoisotopic (exact) mass is 341 g/mol. The molecule has 4 rings (SSSR count). The predicted octanol–water partition coefficient (Wildman–Crippen LogP) is 3.76. The molecule has 0 bridgehead atoms. The van der Waals surface area contributed by atoms with Crippen LogP contribution in [0.15, 0.2) is 28.6 Å². The van der Waals surface area contributed by atoms with Crippen LogP contribution in [0.4, 0.5) is 0 Å². The zero-order valence-electron chi connectivity index (χ0n) is 13.8. The van der Waals surface area contributed by atoms with Gasteiger partial charge in [-0.2, -0.15) is 0 Å². The van der Waals surface area contributed by atoms with E-state index in [2.05, 4.69) is 27.3 Å². The van der Waals surface area contributed by atoms with Gasteiger partial charge in [0.15, 0.2) is 0 Å². The van der Waals surface area contributed by atoms with Crippen molar-refractivity contribution in [2.24, 2.45) is 0 Å². The topological polar surface area (TPSA) is 77.8 Å². The molecule has 0 saturated carbocycles. The summed E-state index contributed by atoms with van der Waals surface area (Å²) in [6, 6.07) is 2.14. The van der Waals surface area contributed by atoms with Crippen LogP contribution in [0.25, 0.3) is 28.2 Å². The van der Waals surface area contributed by atoms with Gasteiger partial charge in [0.05, 0.1) is 5.69 Å². The smallest absolute Gasteiger partial charge is 0.141 e. The van der Waals surface area contributed by atoms with Crippen molar-refractivity contribution in [3.05, 3.63) is 41.1 Å². The second-order valence-corrected chi connectivity index (χ2v) is 7.91. The van der Waals surface area contributed by atoms with Gasteiger partial charge in [0.25, 0.3) is 0 Å².